The number of aliphatic imine (C=N–C) groups is 1. The Bertz CT molecular complexity index is 995. The Morgan fingerprint density at radius 1 is 0.935 bits per heavy atom. The number of rotatable bonds is 8. The van der Waals surface area contributed by atoms with Crippen LogP contribution in [-0.4, -0.2) is 25.5 Å². The lowest BCUT2D eigenvalue weighted by molar-refractivity contribution is 0.0948. The summed E-state index contributed by atoms with van der Waals surface area (Å²) in [6.07, 6.45) is 1.59. The molecule has 2 aromatic carbocycles. The number of amides is 1. The topological polar surface area (TPSA) is 78.7 Å². The highest BCUT2D eigenvalue weighted by atomic mass is 16.3. The molecule has 0 bridgehead atoms. The summed E-state index contributed by atoms with van der Waals surface area (Å²) in [5.74, 6) is 1.31. The van der Waals surface area contributed by atoms with Gasteiger partial charge in [0.25, 0.3) is 5.91 Å². The van der Waals surface area contributed by atoms with Gasteiger partial charge in [0.05, 0.1) is 12.8 Å². The van der Waals surface area contributed by atoms with Crippen LogP contribution in [0.5, 0.6) is 0 Å². The number of hydrogen-bond donors (Lipinski definition) is 3. The Morgan fingerprint density at radius 2 is 1.74 bits per heavy atom. The van der Waals surface area contributed by atoms with Crippen molar-refractivity contribution in [1.82, 2.24) is 16.0 Å². The fraction of sp³-hybridized carbons (Fsp3) is 0.280. The van der Waals surface area contributed by atoms with Gasteiger partial charge in [-0.15, -0.1) is 0 Å². The molecule has 0 atom stereocenters. The maximum atomic E-state index is 12.4. The molecular weight excluding hydrogens is 388 g/mol. The smallest absolute Gasteiger partial charge is 0.251 e. The molecule has 1 amide bonds. The summed E-state index contributed by atoms with van der Waals surface area (Å²) in [5, 5.41) is 9.59. The fourth-order valence-electron chi connectivity index (χ4n) is 3.21. The first-order valence-corrected chi connectivity index (χ1v) is 10.4. The first kappa shape index (κ1) is 22.2. The van der Waals surface area contributed by atoms with E-state index >= 15 is 0 Å². The van der Waals surface area contributed by atoms with Crippen LogP contribution in [0, 0.1) is 0 Å². The van der Waals surface area contributed by atoms with Crippen LogP contribution in [0.4, 0.5) is 0 Å². The Kier molecular flexibility index (Phi) is 7.49. The highest BCUT2D eigenvalue weighted by Crippen LogP contribution is 2.21. The van der Waals surface area contributed by atoms with Gasteiger partial charge in [0, 0.05) is 31.1 Å². The molecule has 3 N–H and O–H groups in total. The van der Waals surface area contributed by atoms with Gasteiger partial charge in [-0.25, -0.2) is 0 Å². The number of guanidine groups is 1. The first-order chi connectivity index (χ1) is 15.0. The zero-order chi connectivity index (χ0) is 22.1. The molecule has 0 saturated carbocycles. The zero-order valence-corrected chi connectivity index (χ0v) is 18.3. The van der Waals surface area contributed by atoms with Gasteiger partial charge in [-0.1, -0.05) is 56.3 Å². The van der Waals surface area contributed by atoms with Gasteiger partial charge in [0.2, 0.25) is 0 Å². The van der Waals surface area contributed by atoms with Crippen molar-refractivity contribution in [2.45, 2.75) is 32.4 Å². The molecule has 0 aliphatic carbocycles. The van der Waals surface area contributed by atoms with Crippen molar-refractivity contribution >= 4 is 11.9 Å². The lowest BCUT2D eigenvalue weighted by atomic mass is 9.85. The molecule has 0 spiro atoms. The monoisotopic (exact) mass is 418 g/mol. The normalized spacial score (nSPS) is 11.8. The molecule has 6 nitrogen and oxygen atoms in total. The summed E-state index contributed by atoms with van der Waals surface area (Å²) in [6, 6.07) is 21.6. The third-order valence-electron chi connectivity index (χ3n) is 5.13. The molecule has 0 radical (unpaired) electrons. The van der Waals surface area contributed by atoms with Crippen molar-refractivity contribution < 1.29 is 9.21 Å². The van der Waals surface area contributed by atoms with Gasteiger partial charge < -0.3 is 20.4 Å². The van der Waals surface area contributed by atoms with Gasteiger partial charge in [-0.2, -0.15) is 0 Å². The predicted octanol–water partition coefficient (Wildman–Crippen LogP) is 3.85. The van der Waals surface area contributed by atoms with Crippen LogP contribution in [0.2, 0.25) is 0 Å². The number of nitrogens with zero attached hydrogens (tertiary/aromatic N) is 1. The molecule has 1 aromatic heterocycles. The number of benzene rings is 2. The Morgan fingerprint density at radius 3 is 2.45 bits per heavy atom. The molecule has 0 aliphatic rings. The second-order valence-corrected chi connectivity index (χ2v) is 7.99. The lowest BCUT2D eigenvalue weighted by Gasteiger charge is -2.26. The molecular formula is C25H30N4O2. The van der Waals surface area contributed by atoms with Crippen LogP contribution in [0.15, 0.2) is 82.4 Å². The number of carbonyl (C=O) groups is 1. The van der Waals surface area contributed by atoms with E-state index in [2.05, 4.69) is 59.1 Å². The van der Waals surface area contributed by atoms with E-state index in [1.807, 2.05) is 30.3 Å². The Balaban J connectivity index is 1.52. The van der Waals surface area contributed by atoms with Crippen molar-refractivity contribution in [2.24, 2.45) is 4.99 Å². The second kappa shape index (κ2) is 10.5. The van der Waals surface area contributed by atoms with Gasteiger partial charge in [-0.3, -0.25) is 9.79 Å². The van der Waals surface area contributed by atoms with E-state index in [4.69, 9.17) is 4.42 Å². The van der Waals surface area contributed by atoms with Crippen LogP contribution >= 0.6 is 0 Å². The van der Waals surface area contributed by atoms with E-state index in [0.717, 1.165) is 23.8 Å². The van der Waals surface area contributed by atoms with Gasteiger partial charge in [0.15, 0.2) is 5.96 Å². The number of hydrogen-bond acceptors (Lipinski definition) is 3. The molecule has 0 saturated heterocycles. The maximum absolute atomic E-state index is 12.4. The fourth-order valence-corrected chi connectivity index (χ4v) is 3.21. The third kappa shape index (κ3) is 6.47. The Hall–Kier alpha value is -3.54. The van der Waals surface area contributed by atoms with Gasteiger partial charge in [-0.05, 0) is 35.4 Å². The summed E-state index contributed by atoms with van der Waals surface area (Å²) < 4.78 is 5.25. The van der Waals surface area contributed by atoms with E-state index in [-0.39, 0.29) is 11.3 Å². The second-order valence-electron chi connectivity index (χ2n) is 7.99. The molecule has 1 heterocycles. The SMILES string of the molecule is CN=C(NCc1cccc(C(=O)NCc2ccco2)c1)NCC(C)(C)c1ccccc1. The summed E-state index contributed by atoms with van der Waals surface area (Å²) in [5.41, 5.74) is 2.84. The van der Waals surface area contributed by atoms with E-state index in [0.29, 0.717) is 18.7 Å². The van der Waals surface area contributed by atoms with Crippen LogP contribution in [0.25, 0.3) is 0 Å². The minimum atomic E-state index is -0.134. The molecule has 3 rings (SSSR count). The highest BCUT2D eigenvalue weighted by molar-refractivity contribution is 5.94. The number of carbonyl (C=O) groups excluding carboxylic acids is 1. The molecule has 3 aromatic rings. The van der Waals surface area contributed by atoms with Gasteiger partial charge >= 0.3 is 0 Å². The lowest BCUT2D eigenvalue weighted by Crippen LogP contribution is -2.43. The van der Waals surface area contributed by atoms with E-state index in [1.54, 1.807) is 25.4 Å². The van der Waals surface area contributed by atoms with E-state index < -0.39 is 0 Å². The molecule has 0 fully saturated rings. The summed E-state index contributed by atoms with van der Waals surface area (Å²) >= 11 is 0. The minimum absolute atomic E-state index is 0.0368. The standard InChI is InChI=1S/C25H30N4O2/c1-25(2,21-11-5-4-6-12-21)18-29-24(26-3)28-16-19-9-7-10-20(15-19)23(30)27-17-22-13-8-14-31-22/h4-15H,16-18H2,1-3H3,(H,27,30)(H2,26,28,29). The average molecular weight is 419 g/mol. The zero-order valence-electron chi connectivity index (χ0n) is 18.3. The van der Waals surface area contributed by atoms with Crippen molar-refractivity contribution in [1.29, 1.82) is 0 Å². The van der Waals surface area contributed by atoms with Gasteiger partial charge in [0.1, 0.15) is 5.76 Å². The van der Waals surface area contributed by atoms with Crippen LogP contribution in [0.3, 0.4) is 0 Å². The maximum Gasteiger partial charge on any atom is 0.251 e. The average Bonchev–Trinajstić information content (AvgIpc) is 3.32. The predicted molar refractivity (Wildman–Crippen MR) is 124 cm³/mol. The number of nitrogens with one attached hydrogen (secondary N) is 3. The summed E-state index contributed by atoms with van der Waals surface area (Å²) in [4.78, 5) is 16.7. The van der Waals surface area contributed by atoms with Crippen molar-refractivity contribution in [3.8, 4) is 0 Å². The first-order valence-electron chi connectivity index (χ1n) is 10.4. The van der Waals surface area contributed by atoms with Crippen molar-refractivity contribution in [3.05, 3.63) is 95.4 Å². The van der Waals surface area contributed by atoms with Crippen molar-refractivity contribution in [2.75, 3.05) is 13.6 Å². The molecule has 6 heteroatoms. The molecule has 0 unspecified atom stereocenters. The molecule has 162 valence electrons. The van der Waals surface area contributed by atoms with Crippen molar-refractivity contribution in [3.63, 3.8) is 0 Å². The van der Waals surface area contributed by atoms with E-state index in [9.17, 15) is 4.79 Å². The summed E-state index contributed by atoms with van der Waals surface area (Å²) in [7, 11) is 1.75. The highest BCUT2D eigenvalue weighted by Gasteiger charge is 2.20. The van der Waals surface area contributed by atoms with Crippen LogP contribution < -0.4 is 16.0 Å². The summed E-state index contributed by atoms with van der Waals surface area (Å²) in [6.45, 7) is 6.07. The molecule has 31 heavy (non-hydrogen) atoms. The largest absolute Gasteiger partial charge is 0.467 e. The van der Waals surface area contributed by atoms with Crippen LogP contribution in [0.1, 0.15) is 41.1 Å². The third-order valence-corrected chi connectivity index (χ3v) is 5.13. The Labute approximate surface area is 183 Å². The van der Waals surface area contributed by atoms with Crippen LogP contribution in [-0.2, 0) is 18.5 Å². The molecule has 0 aliphatic heterocycles. The quantitative estimate of drug-likeness (QED) is 0.384. The van der Waals surface area contributed by atoms with E-state index in [1.165, 1.54) is 5.56 Å². The minimum Gasteiger partial charge on any atom is -0.467 e. The number of furan rings is 1.